The van der Waals surface area contributed by atoms with Gasteiger partial charge in [-0.2, -0.15) is 0 Å². The highest BCUT2D eigenvalue weighted by Crippen LogP contribution is 2.25. The number of carbonyl (C=O) groups excluding carboxylic acids is 2. The Hall–Kier alpha value is -3.22. The number of aryl methyl sites for hydroxylation is 3. The van der Waals surface area contributed by atoms with Gasteiger partial charge in [-0.15, -0.1) is 0 Å². The lowest BCUT2D eigenvalue weighted by Gasteiger charge is -2.12. The topological polar surface area (TPSA) is 97.1 Å². The van der Waals surface area contributed by atoms with Crippen molar-refractivity contribution < 1.29 is 14.1 Å². The Morgan fingerprint density at radius 1 is 1.08 bits per heavy atom. The molecule has 3 aromatic rings. The molecule has 0 fully saturated rings. The summed E-state index contributed by atoms with van der Waals surface area (Å²) in [7, 11) is 0. The minimum Gasteiger partial charge on any atom is -0.336 e. The molecular weight excluding hydrogens is 320 g/mol. The highest BCUT2D eigenvalue weighted by molar-refractivity contribution is 6.12. The zero-order valence-electron chi connectivity index (χ0n) is 14.4. The Balaban J connectivity index is 1.98. The molecule has 7 nitrogen and oxygen atoms in total. The van der Waals surface area contributed by atoms with Gasteiger partial charge < -0.3 is 15.2 Å². The summed E-state index contributed by atoms with van der Waals surface area (Å²) in [5.41, 5.74) is 4.18. The molecule has 0 atom stereocenters. The lowest BCUT2D eigenvalue weighted by Crippen LogP contribution is -2.14. The van der Waals surface area contributed by atoms with Crippen molar-refractivity contribution in [2.75, 3.05) is 10.6 Å². The fourth-order valence-corrected chi connectivity index (χ4v) is 2.62. The van der Waals surface area contributed by atoms with Crippen LogP contribution in [-0.4, -0.2) is 22.0 Å². The Labute approximate surface area is 144 Å². The van der Waals surface area contributed by atoms with Crippen molar-refractivity contribution >= 4 is 34.3 Å². The second-order valence-electron chi connectivity index (χ2n) is 5.92. The quantitative estimate of drug-likeness (QED) is 0.763. The number of nitrogens with zero attached hydrogens (tertiary/aromatic N) is 2. The third-order valence-corrected chi connectivity index (χ3v) is 3.80. The van der Waals surface area contributed by atoms with E-state index in [0.717, 1.165) is 5.56 Å². The molecule has 7 heteroatoms. The highest BCUT2D eigenvalue weighted by atomic mass is 16.5. The summed E-state index contributed by atoms with van der Waals surface area (Å²) in [5.74, 6) is -0.461. The van der Waals surface area contributed by atoms with Crippen molar-refractivity contribution in [2.24, 2.45) is 0 Å². The first-order chi connectivity index (χ1) is 11.8. The lowest BCUT2D eigenvalue weighted by molar-refractivity contribution is -0.114. The summed E-state index contributed by atoms with van der Waals surface area (Å²) < 4.78 is 5.17. The lowest BCUT2D eigenvalue weighted by atomic mass is 10.1. The van der Waals surface area contributed by atoms with Gasteiger partial charge in [-0.3, -0.25) is 9.59 Å². The van der Waals surface area contributed by atoms with Crippen LogP contribution in [0.2, 0.25) is 0 Å². The minimum atomic E-state index is -0.287. The van der Waals surface area contributed by atoms with Gasteiger partial charge in [0.05, 0.1) is 16.6 Å². The summed E-state index contributed by atoms with van der Waals surface area (Å²) in [5, 5.41) is 10.1. The number of anilines is 2. The van der Waals surface area contributed by atoms with Crippen LogP contribution in [0.1, 0.15) is 34.2 Å². The van der Waals surface area contributed by atoms with E-state index >= 15 is 0 Å². The number of hydrogen-bond acceptors (Lipinski definition) is 5. The summed E-state index contributed by atoms with van der Waals surface area (Å²) >= 11 is 0. The zero-order valence-corrected chi connectivity index (χ0v) is 14.4. The van der Waals surface area contributed by atoms with E-state index in [1.54, 1.807) is 32.0 Å². The summed E-state index contributed by atoms with van der Waals surface area (Å²) in [6.45, 7) is 6.87. The molecule has 1 aromatic carbocycles. The summed E-state index contributed by atoms with van der Waals surface area (Å²) in [4.78, 5) is 28.3. The van der Waals surface area contributed by atoms with Crippen LogP contribution in [0.15, 0.2) is 28.8 Å². The monoisotopic (exact) mass is 338 g/mol. The number of aromatic nitrogens is 2. The fraction of sp³-hybridized carbons (Fsp3) is 0.222. The van der Waals surface area contributed by atoms with Crippen LogP contribution in [0, 0.1) is 20.8 Å². The molecule has 2 N–H and O–H groups in total. The van der Waals surface area contributed by atoms with Crippen LogP contribution in [0.3, 0.4) is 0 Å². The molecule has 3 rings (SSSR count). The molecule has 0 saturated carbocycles. The Morgan fingerprint density at radius 3 is 2.56 bits per heavy atom. The number of hydrogen-bond donors (Lipinski definition) is 2. The molecule has 0 unspecified atom stereocenters. The highest BCUT2D eigenvalue weighted by Gasteiger charge is 2.18. The van der Waals surface area contributed by atoms with Crippen molar-refractivity contribution in [1.29, 1.82) is 0 Å². The smallest absolute Gasteiger partial charge is 0.258 e. The maximum absolute atomic E-state index is 12.8. The largest absolute Gasteiger partial charge is 0.336 e. The minimum absolute atomic E-state index is 0.173. The normalized spacial score (nSPS) is 10.7. The van der Waals surface area contributed by atoms with Crippen LogP contribution in [0.4, 0.5) is 11.4 Å². The first kappa shape index (κ1) is 16.6. The van der Waals surface area contributed by atoms with Crippen molar-refractivity contribution in [2.45, 2.75) is 27.7 Å². The van der Waals surface area contributed by atoms with E-state index < -0.39 is 0 Å². The van der Waals surface area contributed by atoms with Gasteiger partial charge >= 0.3 is 0 Å². The predicted octanol–water partition coefficient (Wildman–Crippen LogP) is 3.36. The first-order valence-corrected chi connectivity index (χ1v) is 7.78. The van der Waals surface area contributed by atoms with Crippen LogP contribution >= 0.6 is 0 Å². The van der Waals surface area contributed by atoms with Gasteiger partial charge in [0, 0.05) is 24.0 Å². The standard InChI is InChI=1S/C18H18N4O3/c1-9-5-6-13(20-12(4)23)8-15(9)21-17(24)14-7-10(2)19-18-16(14)11(3)22-25-18/h5-8H,1-4H3,(H,20,23)(H,21,24). The van der Waals surface area contributed by atoms with E-state index in [4.69, 9.17) is 4.52 Å². The molecule has 0 spiro atoms. The first-order valence-electron chi connectivity index (χ1n) is 7.78. The summed E-state index contributed by atoms with van der Waals surface area (Å²) in [6, 6.07) is 7.04. The second-order valence-corrected chi connectivity index (χ2v) is 5.92. The van der Waals surface area contributed by atoms with E-state index in [1.165, 1.54) is 6.92 Å². The molecule has 0 aliphatic heterocycles. The number of pyridine rings is 1. The molecule has 0 saturated heterocycles. The maximum Gasteiger partial charge on any atom is 0.258 e. The molecule has 0 radical (unpaired) electrons. The van der Waals surface area contributed by atoms with Gasteiger partial charge in [-0.05, 0) is 44.5 Å². The van der Waals surface area contributed by atoms with Gasteiger partial charge in [0.2, 0.25) is 5.91 Å². The SMILES string of the molecule is CC(=O)Nc1ccc(C)c(NC(=O)c2cc(C)nc3onc(C)c23)c1. The molecular formula is C18H18N4O3. The van der Waals surface area contributed by atoms with Gasteiger partial charge in [0.1, 0.15) is 0 Å². The average molecular weight is 338 g/mol. The Morgan fingerprint density at radius 2 is 1.84 bits per heavy atom. The molecule has 25 heavy (non-hydrogen) atoms. The van der Waals surface area contributed by atoms with E-state index in [-0.39, 0.29) is 11.8 Å². The van der Waals surface area contributed by atoms with Gasteiger partial charge in [-0.25, -0.2) is 4.98 Å². The van der Waals surface area contributed by atoms with Gasteiger partial charge in [-0.1, -0.05) is 11.2 Å². The molecule has 2 aromatic heterocycles. The summed E-state index contributed by atoms with van der Waals surface area (Å²) in [6.07, 6.45) is 0. The van der Waals surface area contributed by atoms with Crippen molar-refractivity contribution in [3.05, 3.63) is 46.8 Å². The average Bonchev–Trinajstić information content (AvgIpc) is 2.90. The Kier molecular flexibility index (Phi) is 4.22. The molecule has 0 aliphatic rings. The zero-order chi connectivity index (χ0) is 18.1. The molecule has 0 aliphatic carbocycles. The van der Waals surface area contributed by atoms with Crippen molar-refractivity contribution in [3.63, 3.8) is 0 Å². The van der Waals surface area contributed by atoms with Crippen molar-refractivity contribution in [1.82, 2.24) is 10.1 Å². The van der Waals surface area contributed by atoms with Crippen LogP contribution < -0.4 is 10.6 Å². The number of fused-ring (bicyclic) bond motifs is 1. The number of carbonyl (C=O) groups is 2. The molecule has 2 heterocycles. The number of rotatable bonds is 3. The van der Waals surface area contributed by atoms with Gasteiger partial charge in [0.25, 0.3) is 11.6 Å². The van der Waals surface area contributed by atoms with Crippen LogP contribution in [-0.2, 0) is 4.79 Å². The molecule has 128 valence electrons. The van der Waals surface area contributed by atoms with Crippen LogP contribution in [0.25, 0.3) is 11.1 Å². The van der Waals surface area contributed by atoms with E-state index in [9.17, 15) is 9.59 Å². The maximum atomic E-state index is 12.8. The third-order valence-electron chi connectivity index (χ3n) is 3.80. The van der Waals surface area contributed by atoms with E-state index in [1.807, 2.05) is 13.0 Å². The van der Waals surface area contributed by atoms with Crippen LogP contribution in [0.5, 0.6) is 0 Å². The predicted molar refractivity (Wildman–Crippen MR) is 94.7 cm³/mol. The molecule has 0 bridgehead atoms. The second kappa shape index (κ2) is 6.35. The number of nitrogens with one attached hydrogen (secondary N) is 2. The van der Waals surface area contributed by atoms with Crippen molar-refractivity contribution in [3.8, 4) is 0 Å². The molecule has 2 amide bonds. The van der Waals surface area contributed by atoms with E-state index in [0.29, 0.717) is 39.4 Å². The number of benzene rings is 1. The fourth-order valence-electron chi connectivity index (χ4n) is 2.62. The number of amides is 2. The third kappa shape index (κ3) is 3.35. The Bertz CT molecular complexity index is 991. The van der Waals surface area contributed by atoms with E-state index in [2.05, 4.69) is 20.8 Å². The van der Waals surface area contributed by atoms with Gasteiger partial charge in [0.15, 0.2) is 0 Å².